The van der Waals surface area contributed by atoms with Crippen molar-refractivity contribution in [2.45, 2.75) is 13.3 Å². The van der Waals surface area contributed by atoms with Crippen LogP contribution in [0.4, 0.5) is 0 Å². The van der Waals surface area contributed by atoms with Gasteiger partial charge in [-0.25, -0.2) is 0 Å². The highest BCUT2D eigenvalue weighted by Crippen LogP contribution is 2.13. The minimum absolute atomic E-state index is 0.0327. The SMILES string of the molecule is CCCNC(=O)CN(C)CC(=O)c1cccc(OC)c1. The Hall–Kier alpha value is -1.88. The molecule has 1 N–H and O–H groups in total. The van der Waals surface area contributed by atoms with Crippen LogP contribution in [0.25, 0.3) is 0 Å². The van der Waals surface area contributed by atoms with Crippen LogP contribution in [0.5, 0.6) is 5.75 Å². The van der Waals surface area contributed by atoms with Crippen molar-refractivity contribution in [2.24, 2.45) is 0 Å². The largest absolute Gasteiger partial charge is 0.497 e. The number of ether oxygens (including phenoxy) is 1. The van der Waals surface area contributed by atoms with E-state index in [2.05, 4.69) is 5.32 Å². The number of nitrogens with one attached hydrogen (secondary N) is 1. The molecule has 0 spiro atoms. The quantitative estimate of drug-likeness (QED) is 0.729. The van der Waals surface area contributed by atoms with Gasteiger partial charge in [-0.1, -0.05) is 19.1 Å². The van der Waals surface area contributed by atoms with Crippen LogP contribution in [0.1, 0.15) is 23.7 Å². The monoisotopic (exact) mass is 278 g/mol. The maximum Gasteiger partial charge on any atom is 0.234 e. The van der Waals surface area contributed by atoms with E-state index in [1.165, 1.54) is 0 Å². The number of benzene rings is 1. The fourth-order valence-corrected chi connectivity index (χ4v) is 1.75. The summed E-state index contributed by atoms with van der Waals surface area (Å²) in [7, 11) is 3.32. The molecule has 1 aromatic rings. The predicted octanol–water partition coefficient (Wildman–Crippen LogP) is 1.34. The van der Waals surface area contributed by atoms with Gasteiger partial charge in [0.15, 0.2) is 5.78 Å². The summed E-state index contributed by atoms with van der Waals surface area (Å²) in [5.74, 6) is 0.557. The molecule has 20 heavy (non-hydrogen) atoms. The van der Waals surface area contributed by atoms with Gasteiger partial charge < -0.3 is 10.1 Å². The molecule has 0 atom stereocenters. The zero-order valence-electron chi connectivity index (χ0n) is 12.3. The molecule has 5 heteroatoms. The third-order valence-electron chi connectivity index (χ3n) is 2.79. The lowest BCUT2D eigenvalue weighted by Crippen LogP contribution is -2.37. The van der Waals surface area contributed by atoms with E-state index in [0.717, 1.165) is 6.42 Å². The minimum Gasteiger partial charge on any atom is -0.497 e. The molecule has 0 unspecified atom stereocenters. The van der Waals surface area contributed by atoms with Gasteiger partial charge in [-0.2, -0.15) is 0 Å². The lowest BCUT2D eigenvalue weighted by Gasteiger charge is -2.15. The fourth-order valence-electron chi connectivity index (χ4n) is 1.75. The third kappa shape index (κ3) is 5.40. The molecule has 0 bridgehead atoms. The van der Waals surface area contributed by atoms with Crippen molar-refractivity contribution in [3.8, 4) is 5.75 Å². The number of hydrogen-bond donors (Lipinski definition) is 1. The Morgan fingerprint density at radius 2 is 2.05 bits per heavy atom. The van der Waals surface area contributed by atoms with E-state index in [1.807, 2.05) is 6.92 Å². The number of ketones is 1. The second kappa shape index (κ2) is 8.32. The number of nitrogens with zero attached hydrogens (tertiary/aromatic N) is 1. The second-order valence-corrected chi connectivity index (χ2v) is 4.68. The normalized spacial score (nSPS) is 10.4. The lowest BCUT2D eigenvalue weighted by molar-refractivity contribution is -0.121. The molecule has 0 saturated carbocycles. The molecule has 5 nitrogen and oxygen atoms in total. The van der Waals surface area contributed by atoms with Gasteiger partial charge in [0.25, 0.3) is 0 Å². The van der Waals surface area contributed by atoms with Crippen molar-refractivity contribution >= 4 is 11.7 Å². The number of carbonyl (C=O) groups excluding carboxylic acids is 2. The molecular weight excluding hydrogens is 256 g/mol. The van der Waals surface area contributed by atoms with E-state index in [-0.39, 0.29) is 24.8 Å². The van der Waals surface area contributed by atoms with Crippen LogP contribution in [0, 0.1) is 0 Å². The molecule has 1 amide bonds. The lowest BCUT2D eigenvalue weighted by atomic mass is 10.1. The van der Waals surface area contributed by atoms with Crippen LogP contribution < -0.4 is 10.1 Å². The molecule has 0 aliphatic heterocycles. The minimum atomic E-state index is -0.0622. The van der Waals surface area contributed by atoms with Crippen LogP contribution in [-0.4, -0.2) is 50.4 Å². The number of Topliss-reactive ketones (excluding diaryl/α,β-unsaturated/α-hetero) is 1. The summed E-state index contributed by atoms with van der Waals surface area (Å²) in [5.41, 5.74) is 0.588. The van der Waals surface area contributed by atoms with E-state index in [4.69, 9.17) is 4.74 Å². The van der Waals surface area contributed by atoms with Gasteiger partial charge in [0.2, 0.25) is 5.91 Å². The highest BCUT2D eigenvalue weighted by Gasteiger charge is 2.12. The summed E-state index contributed by atoms with van der Waals surface area (Å²) in [6.07, 6.45) is 0.901. The Kier molecular flexibility index (Phi) is 6.73. The molecule has 0 aromatic heterocycles. The van der Waals surface area contributed by atoms with Crippen molar-refractivity contribution in [3.63, 3.8) is 0 Å². The Morgan fingerprint density at radius 3 is 2.70 bits per heavy atom. The maximum atomic E-state index is 12.1. The number of amides is 1. The van der Waals surface area contributed by atoms with Crippen LogP contribution in [0.2, 0.25) is 0 Å². The first-order valence-corrected chi connectivity index (χ1v) is 6.69. The molecular formula is C15H22N2O3. The van der Waals surface area contributed by atoms with Crippen molar-refractivity contribution in [2.75, 3.05) is 33.8 Å². The Morgan fingerprint density at radius 1 is 1.30 bits per heavy atom. The first-order valence-electron chi connectivity index (χ1n) is 6.69. The molecule has 1 rings (SSSR count). The van der Waals surface area contributed by atoms with Gasteiger partial charge in [-0.3, -0.25) is 14.5 Å². The molecule has 110 valence electrons. The number of rotatable bonds is 8. The maximum absolute atomic E-state index is 12.1. The molecule has 1 aromatic carbocycles. The van der Waals surface area contributed by atoms with E-state index in [9.17, 15) is 9.59 Å². The van der Waals surface area contributed by atoms with E-state index < -0.39 is 0 Å². The van der Waals surface area contributed by atoms with Crippen molar-refractivity contribution < 1.29 is 14.3 Å². The zero-order valence-corrected chi connectivity index (χ0v) is 12.3. The Balaban J connectivity index is 2.50. The van der Waals surface area contributed by atoms with E-state index >= 15 is 0 Å². The molecule has 0 aliphatic rings. The van der Waals surface area contributed by atoms with Crippen LogP contribution in [0.15, 0.2) is 24.3 Å². The first-order chi connectivity index (χ1) is 9.56. The predicted molar refractivity (Wildman–Crippen MR) is 78.1 cm³/mol. The average Bonchev–Trinajstić information content (AvgIpc) is 2.44. The summed E-state index contributed by atoms with van der Waals surface area (Å²) < 4.78 is 5.09. The smallest absolute Gasteiger partial charge is 0.234 e. The average molecular weight is 278 g/mol. The summed E-state index contributed by atoms with van der Waals surface area (Å²) in [6.45, 7) is 3.08. The van der Waals surface area contributed by atoms with Gasteiger partial charge >= 0.3 is 0 Å². The highest BCUT2D eigenvalue weighted by molar-refractivity contribution is 5.98. The van der Waals surface area contributed by atoms with E-state index in [1.54, 1.807) is 43.3 Å². The van der Waals surface area contributed by atoms with Gasteiger partial charge in [-0.05, 0) is 25.6 Å². The van der Waals surface area contributed by atoms with Crippen LogP contribution in [0.3, 0.4) is 0 Å². The second-order valence-electron chi connectivity index (χ2n) is 4.68. The highest BCUT2D eigenvalue weighted by atomic mass is 16.5. The van der Waals surface area contributed by atoms with Gasteiger partial charge in [0.1, 0.15) is 5.75 Å². The van der Waals surface area contributed by atoms with Crippen molar-refractivity contribution in [3.05, 3.63) is 29.8 Å². The summed E-state index contributed by atoms with van der Waals surface area (Å²) in [4.78, 5) is 25.3. The standard InChI is InChI=1S/C15H22N2O3/c1-4-8-16-15(19)11-17(2)10-14(18)12-6-5-7-13(9-12)20-3/h5-7,9H,4,8,10-11H2,1-3H3,(H,16,19). The van der Waals surface area contributed by atoms with Gasteiger partial charge in [0, 0.05) is 12.1 Å². The van der Waals surface area contributed by atoms with Gasteiger partial charge in [-0.15, -0.1) is 0 Å². The van der Waals surface area contributed by atoms with Crippen molar-refractivity contribution in [1.82, 2.24) is 10.2 Å². The number of hydrogen-bond acceptors (Lipinski definition) is 4. The topological polar surface area (TPSA) is 58.6 Å². The summed E-state index contributed by atoms with van der Waals surface area (Å²) in [5, 5.41) is 2.78. The van der Waals surface area contributed by atoms with Crippen LogP contribution >= 0.6 is 0 Å². The number of carbonyl (C=O) groups is 2. The van der Waals surface area contributed by atoms with Crippen LogP contribution in [-0.2, 0) is 4.79 Å². The molecule has 0 fully saturated rings. The van der Waals surface area contributed by atoms with Crippen molar-refractivity contribution in [1.29, 1.82) is 0 Å². The molecule has 0 aliphatic carbocycles. The zero-order chi connectivity index (χ0) is 15.0. The number of likely N-dealkylation sites (N-methyl/N-ethyl adjacent to an activating group) is 1. The Bertz CT molecular complexity index is 460. The summed E-state index contributed by atoms with van der Waals surface area (Å²) in [6, 6.07) is 7.02. The van der Waals surface area contributed by atoms with Gasteiger partial charge in [0.05, 0.1) is 20.2 Å². The van der Waals surface area contributed by atoms with E-state index in [0.29, 0.717) is 17.9 Å². The third-order valence-corrected chi connectivity index (χ3v) is 2.79. The number of methoxy groups -OCH3 is 1. The summed E-state index contributed by atoms with van der Waals surface area (Å²) >= 11 is 0. The first kappa shape index (κ1) is 16.2. The molecule has 0 radical (unpaired) electrons. The Labute approximate surface area is 119 Å². The fraction of sp³-hybridized carbons (Fsp3) is 0.467. The molecule has 0 heterocycles. The molecule has 0 saturated heterocycles.